The summed E-state index contributed by atoms with van der Waals surface area (Å²) in [5, 5.41) is 17.5. The average Bonchev–Trinajstić information content (AvgIpc) is 2.60. The van der Waals surface area contributed by atoms with Crippen molar-refractivity contribution in [3.63, 3.8) is 0 Å². The smallest absolute Gasteiger partial charge is 0.233 e. The van der Waals surface area contributed by atoms with Gasteiger partial charge < -0.3 is 14.9 Å². The van der Waals surface area contributed by atoms with Crippen molar-refractivity contribution in [2.24, 2.45) is 5.28 Å². The minimum absolute atomic E-state index is 0.0598. The first-order valence-corrected chi connectivity index (χ1v) is 8.69. The summed E-state index contributed by atoms with van der Waals surface area (Å²) in [7, 11) is 0. The summed E-state index contributed by atoms with van der Waals surface area (Å²) >= 11 is 0. The molecule has 1 saturated heterocycles. The Morgan fingerprint density at radius 3 is 2.64 bits per heavy atom. The lowest BCUT2D eigenvalue weighted by Crippen LogP contribution is -2.45. The van der Waals surface area contributed by atoms with E-state index in [1.54, 1.807) is 5.01 Å². The van der Waals surface area contributed by atoms with Crippen LogP contribution in [-0.4, -0.2) is 41.3 Å². The van der Waals surface area contributed by atoms with Gasteiger partial charge in [0.25, 0.3) is 0 Å². The Morgan fingerprint density at radius 2 is 2.08 bits per heavy atom. The van der Waals surface area contributed by atoms with Crippen LogP contribution in [0.4, 0.5) is 11.4 Å². The molecule has 1 aromatic rings. The van der Waals surface area contributed by atoms with Crippen LogP contribution in [0.1, 0.15) is 40.5 Å². The molecular formula is C18H27N5O2. The van der Waals surface area contributed by atoms with E-state index in [-0.39, 0.29) is 11.6 Å². The summed E-state index contributed by atoms with van der Waals surface area (Å²) in [6.45, 7) is 17.1. The summed E-state index contributed by atoms with van der Waals surface area (Å²) in [5.74, 6) is 0. The largest absolute Gasteiger partial charge is 0.569 e. The standard InChI is InChI=1S/C18H27N5O2/c1-6-22(18(2,3)4)23(24)20-25-17-10-12-21(13-11-17)16-9-7-8-15(14-16)19-5/h7-9,14,17H,6,10-13H2,1-4H3/b23-20+. The van der Waals surface area contributed by atoms with E-state index in [0.717, 1.165) is 31.6 Å². The molecule has 1 aliphatic heterocycles. The van der Waals surface area contributed by atoms with Gasteiger partial charge in [0.15, 0.2) is 5.69 Å². The fourth-order valence-electron chi connectivity index (χ4n) is 2.98. The van der Waals surface area contributed by atoms with Crippen molar-refractivity contribution in [2.45, 2.75) is 52.2 Å². The van der Waals surface area contributed by atoms with Gasteiger partial charge in [-0.05, 0) is 39.8 Å². The Kier molecular flexibility index (Phi) is 6.07. The quantitative estimate of drug-likeness (QED) is 0.348. The molecule has 0 radical (unpaired) electrons. The first-order valence-electron chi connectivity index (χ1n) is 8.69. The van der Waals surface area contributed by atoms with Crippen LogP contribution in [0.3, 0.4) is 0 Å². The maximum atomic E-state index is 12.1. The third-order valence-electron chi connectivity index (χ3n) is 4.31. The normalized spacial score (nSPS) is 16.4. The average molecular weight is 345 g/mol. The number of nitrogens with zero attached hydrogens (tertiary/aromatic N) is 5. The van der Waals surface area contributed by atoms with E-state index in [9.17, 15) is 5.21 Å². The number of rotatable bonds is 5. The number of anilines is 1. The first-order chi connectivity index (χ1) is 11.8. The van der Waals surface area contributed by atoms with E-state index < -0.39 is 0 Å². The second-order valence-corrected chi connectivity index (χ2v) is 7.14. The van der Waals surface area contributed by atoms with E-state index in [2.05, 4.69) is 15.0 Å². The molecule has 0 saturated carbocycles. The van der Waals surface area contributed by atoms with Gasteiger partial charge in [-0.1, -0.05) is 12.1 Å². The molecule has 0 aliphatic carbocycles. The minimum Gasteiger partial charge on any atom is -0.569 e. The lowest BCUT2D eigenvalue weighted by molar-refractivity contribution is -0.725. The van der Waals surface area contributed by atoms with E-state index in [1.807, 2.05) is 52.0 Å². The van der Waals surface area contributed by atoms with E-state index in [0.29, 0.717) is 17.2 Å². The van der Waals surface area contributed by atoms with Crippen molar-refractivity contribution < 1.29 is 9.81 Å². The topological polar surface area (TPSA) is 58.5 Å². The van der Waals surface area contributed by atoms with Gasteiger partial charge in [-0.2, -0.15) is 0 Å². The Morgan fingerprint density at radius 1 is 1.40 bits per heavy atom. The summed E-state index contributed by atoms with van der Waals surface area (Å²) < 4.78 is 0. The molecule has 1 aromatic carbocycles. The number of hydrogen-bond acceptors (Lipinski definition) is 4. The highest BCUT2D eigenvalue weighted by Gasteiger charge is 2.28. The molecule has 0 bridgehead atoms. The second kappa shape index (κ2) is 8.06. The molecule has 136 valence electrons. The highest BCUT2D eigenvalue weighted by Crippen LogP contribution is 2.25. The first kappa shape index (κ1) is 18.8. The van der Waals surface area contributed by atoms with Crippen LogP contribution >= 0.6 is 0 Å². The Bertz CT molecular complexity index is 640. The summed E-state index contributed by atoms with van der Waals surface area (Å²) in [6.07, 6.45) is 1.53. The third-order valence-corrected chi connectivity index (χ3v) is 4.31. The Hall–Kier alpha value is -2.49. The van der Waals surface area contributed by atoms with E-state index in [1.165, 1.54) is 0 Å². The number of benzene rings is 1. The van der Waals surface area contributed by atoms with Crippen LogP contribution in [0.15, 0.2) is 29.5 Å². The van der Waals surface area contributed by atoms with Crippen LogP contribution in [0.2, 0.25) is 0 Å². The maximum absolute atomic E-state index is 12.1. The molecule has 1 fully saturated rings. The molecule has 0 unspecified atom stereocenters. The molecule has 25 heavy (non-hydrogen) atoms. The lowest BCUT2D eigenvalue weighted by Gasteiger charge is -2.32. The molecule has 1 heterocycles. The highest BCUT2D eigenvalue weighted by molar-refractivity contribution is 5.58. The maximum Gasteiger partial charge on any atom is 0.233 e. The molecule has 7 heteroatoms. The van der Waals surface area contributed by atoms with E-state index >= 15 is 0 Å². The van der Waals surface area contributed by atoms with Crippen LogP contribution < -0.4 is 4.90 Å². The van der Waals surface area contributed by atoms with Gasteiger partial charge in [0.05, 0.1) is 23.6 Å². The number of hydrogen-bond donors (Lipinski definition) is 0. The predicted octanol–water partition coefficient (Wildman–Crippen LogP) is 4.14. The van der Waals surface area contributed by atoms with Crippen molar-refractivity contribution in [3.8, 4) is 0 Å². The summed E-state index contributed by atoms with van der Waals surface area (Å²) in [6, 6.07) is 7.63. The monoisotopic (exact) mass is 345 g/mol. The van der Waals surface area contributed by atoms with Gasteiger partial charge in [0.1, 0.15) is 6.10 Å². The molecule has 7 nitrogen and oxygen atoms in total. The Balaban J connectivity index is 1.90. The molecule has 0 spiro atoms. The molecule has 0 atom stereocenters. The second-order valence-electron chi connectivity index (χ2n) is 7.14. The van der Waals surface area contributed by atoms with Crippen molar-refractivity contribution in [1.82, 2.24) is 5.01 Å². The van der Waals surface area contributed by atoms with E-state index in [4.69, 9.17) is 11.4 Å². The SMILES string of the molecule is [C-]#[N+]c1cccc(N2CCC(O/N=[N+](/[O-])N(CC)C(C)(C)C)CC2)c1. The van der Waals surface area contributed by atoms with Crippen molar-refractivity contribution in [3.05, 3.63) is 40.9 Å². The fourth-order valence-corrected chi connectivity index (χ4v) is 2.98. The zero-order valence-electron chi connectivity index (χ0n) is 15.5. The minimum atomic E-state index is -0.305. The van der Waals surface area contributed by atoms with Crippen LogP contribution in [0.5, 0.6) is 0 Å². The van der Waals surface area contributed by atoms with Crippen LogP contribution in [0, 0.1) is 11.8 Å². The lowest BCUT2D eigenvalue weighted by atomic mass is 10.1. The van der Waals surface area contributed by atoms with Gasteiger partial charge >= 0.3 is 0 Å². The third kappa shape index (κ3) is 4.99. The summed E-state index contributed by atoms with van der Waals surface area (Å²) in [4.78, 5) is 11.7. The molecule has 0 N–H and O–H groups in total. The van der Waals surface area contributed by atoms with Crippen LogP contribution in [-0.2, 0) is 4.84 Å². The van der Waals surface area contributed by atoms with Crippen molar-refractivity contribution in [2.75, 3.05) is 24.5 Å². The van der Waals surface area contributed by atoms with Crippen molar-refractivity contribution >= 4 is 11.4 Å². The summed E-state index contributed by atoms with van der Waals surface area (Å²) in [5.41, 5.74) is 1.40. The number of piperidine rings is 1. The zero-order valence-corrected chi connectivity index (χ0v) is 15.5. The molecule has 1 aliphatic rings. The van der Waals surface area contributed by atoms with Crippen molar-refractivity contribution in [1.29, 1.82) is 0 Å². The van der Waals surface area contributed by atoms with Gasteiger partial charge in [-0.3, -0.25) is 0 Å². The number of hydrazine groups is 1. The van der Waals surface area contributed by atoms with Crippen LogP contribution in [0.25, 0.3) is 4.85 Å². The van der Waals surface area contributed by atoms with Gasteiger partial charge in [-0.15, -0.1) is 5.01 Å². The molecule has 2 rings (SSSR count). The van der Waals surface area contributed by atoms with Gasteiger partial charge in [-0.25, -0.2) is 4.85 Å². The van der Waals surface area contributed by atoms with Gasteiger partial charge in [0, 0.05) is 31.6 Å². The highest BCUT2D eigenvalue weighted by atomic mass is 16.7. The zero-order chi connectivity index (χ0) is 18.4. The molecule has 0 amide bonds. The molecular weight excluding hydrogens is 318 g/mol. The Labute approximate surface area is 149 Å². The predicted molar refractivity (Wildman–Crippen MR) is 97.2 cm³/mol. The molecule has 0 aromatic heterocycles. The van der Waals surface area contributed by atoms with Gasteiger partial charge in [0.2, 0.25) is 5.28 Å². The fraction of sp³-hybridized carbons (Fsp3) is 0.611.